The van der Waals surface area contributed by atoms with Gasteiger partial charge in [-0.05, 0) is 55.4 Å². The van der Waals surface area contributed by atoms with Gasteiger partial charge in [0.15, 0.2) is 0 Å². The average molecular weight is 443 g/mol. The van der Waals surface area contributed by atoms with Crippen LogP contribution in [0.1, 0.15) is 41.4 Å². The van der Waals surface area contributed by atoms with Crippen LogP contribution in [0.15, 0.2) is 67.1 Å². The summed E-state index contributed by atoms with van der Waals surface area (Å²) in [6.45, 7) is 5.67. The van der Waals surface area contributed by atoms with E-state index in [4.69, 9.17) is 0 Å². The van der Waals surface area contributed by atoms with E-state index in [9.17, 15) is 9.59 Å². The molecule has 0 radical (unpaired) electrons. The van der Waals surface area contributed by atoms with Gasteiger partial charge in [0, 0.05) is 32.0 Å². The SMILES string of the molecule is CCNC(=O)C1(Cc2ccccc2-c2ccccc2C)CCN(C(=O)c2cnccn2)CC1. The zero-order chi connectivity index (χ0) is 23.3. The Morgan fingerprint density at radius 2 is 1.70 bits per heavy atom. The topological polar surface area (TPSA) is 75.2 Å². The fraction of sp³-hybridized carbons (Fsp3) is 0.333. The molecule has 0 aliphatic carbocycles. The van der Waals surface area contributed by atoms with Crippen molar-refractivity contribution in [3.05, 3.63) is 83.9 Å². The molecule has 1 aromatic heterocycles. The van der Waals surface area contributed by atoms with Crippen molar-refractivity contribution in [1.82, 2.24) is 20.2 Å². The quantitative estimate of drug-likeness (QED) is 0.625. The third kappa shape index (κ3) is 4.80. The monoisotopic (exact) mass is 442 g/mol. The van der Waals surface area contributed by atoms with E-state index in [2.05, 4.69) is 52.5 Å². The Bertz CT molecular complexity index is 1120. The molecule has 33 heavy (non-hydrogen) atoms. The molecule has 1 fully saturated rings. The number of aryl methyl sites for hydroxylation is 1. The number of aromatic nitrogens is 2. The number of hydrogen-bond donors (Lipinski definition) is 1. The number of nitrogens with one attached hydrogen (secondary N) is 1. The van der Waals surface area contributed by atoms with Gasteiger partial charge in [-0.3, -0.25) is 14.6 Å². The maximum absolute atomic E-state index is 13.3. The molecule has 6 heteroatoms. The summed E-state index contributed by atoms with van der Waals surface area (Å²) >= 11 is 0. The van der Waals surface area contributed by atoms with Gasteiger partial charge in [0.25, 0.3) is 5.91 Å². The van der Waals surface area contributed by atoms with E-state index in [1.807, 2.05) is 25.1 Å². The van der Waals surface area contributed by atoms with Gasteiger partial charge in [0.2, 0.25) is 5.91 Å². The van der Waals surface area contributed by atoms with Crippen molar-refractivity contribution in [3.63, 3.8) is 0 Å². The number of nitrogens with zero attached hydrogens (tertiary/aromatic N) is 3. The Balaban J connectivity index is 1.61. The molecule has 0 bridgehead atoms. The molecule has 6 nitrogen and oxygen atoms in total. The second-order valence-corrected chi connectivity index (χ2v) is 8.67. The predicted octanol–water partition coefficient (Wildman–Crippen LogP) is 4.05. The van der Waals surface area contributed by atoms with Gasteiger partial charge in [-0.2, -0.15) is 0 Å². The fourth-order valence-corrected chi connectivity index (χ4v) is 4.72. The van der Waals surface area contributed by atoms with Crippen LogP contribution in [0.2, 0.25) is 0 Å². The number of piperidine rings is 1. The summed E-state index contributed by atoms with van der Waals surface area (Å²) < 4.78 is 0. The molecule has 0 saturated carbocycles. The molecule has 170 valence electrons. The molecule has 1 saturated heterocycles. The lowest BCUT2D eigenvalue weighted by Gasteiger charge is -2.41. The van der Waals surface area contributed by atoms with E-state index in [1.165, 1.54) is 23.5 Å². The van der Waals surface area contributed by atoms with E-state index in [0.29, 0.717) is 44.6 Å². The standard InChI is InChI=1S/C27H30N4O2/c1-3-29-26(33)27(12-16-31(17-13-27)25(32)24-19-28-14-15-30-24)18-21-9-5-7-11-23(21)22-10-6-4-8-20(22)2/h4-11,14-15,19H,3,12-13,16-18H2,1-2H3,(H,29,33). The first-order chi connectivity index (χ1) is 16.0. The minimum atomic E-state index is -0.562. The van der Waals surface area contributed by atoms with Gasteiger partial charge in [-0.15, -0.1) is 0 Å². The second kappa shape index (κ2) is 9.94. The van der Waals surface area contributed by atoms with E-state index < -0.39 is 5.41 Å². The Morgan fingerprint density at radius 1 is 1.00 bits per heavy atom. The smallest absolute Gasteiger partial charge is 0.274 e. The lowest BCUT2D eigenvalue weighted by atomic mass is 9.71. The number of carbonyl (C=O) groups is 2. The number of amides is 2. The molecule has 1 aliphatic heterocycles. The van der Waals surface area contributed by atoms with E-state index in [-0.39, 0.29) is 11.8 Å². The van der Waals surface area contributed by atoms with Crippen LogP contribution in [0.4, 0.5) is 0 Å². The molecule has 0 atom stereocenters. The third-order valence-corrected chi connectivity index (χ3v) is 6.59. The summed E-state index contributed by atoms with van der Waals surface area (Å²) in [6.07, 6.45) is 6.42. The van der Waals surface area contributed by atoms with Crippen LogP contribution in [-0.2, 0) is 11.2 Å². The Hall–Kier alpha value is -3.54. The minimum Gasteiger partial charge on any atom is -0.356 e. The van der Waals surface area contributed by atoms with Crippen LogP contribution in [0.5, 0.6) is 0 Å². The normalized spacial score (nSPS) is 15.2. The van der Waals surface area contributed by atoms with E-state index >= 15 is 0 Å². The Kier molecular flexibility index (Phi) is 6.82. The maximum atomic E-state index is 13.3. The van der Waals surface area contributed by atoms with Crippen LogP contribution in [0.3, 0.4) is 0 Å². The average Bonchev–Trinajstić information content (AvgIpc) is 2.85. The number of carbonyl (C=O) groups excluding carboxylic acids is 2. The van der Waals surface area contributed by atoms with Crippen LogP contribution in [0.25, 0.3) is 11.1 Å². The van der Waals surface area contributed by atoms with Crippen molar-refractivity contribution in [2.75, 3.05) is 19.6 Å². The second-order valence-electron chi connectivity index (χ2n) is 8.67. The number of benzene rings is 2. The molecule has 3 aromatic rings. The minimum absolute atomic E-state index is 0.0659. The Morgan fingerprint density at radius 3 is 2.36 bits per heavy atom. The van der Waals surface area contributed by atoms with Crippen LogP contribution in [-0.4, -0.2) is 46.3 Å². The van der Waals surface area contributed by atoms with Crippen LogP contribution >= 0.6 is 0 Å². The lowest BCUT2D eigenvalue weighted by Crippen LogP contribution is -2.51. The van der Waals surface area contributed by atoms with E-state index in [1.54, 1.807) is 11.1 Å². The highest BCUT2D eigenvalue weighted by atomic mass is 16.2. The van der Waals surface area contributed by atoms with Crippen molar-refractivity contribution in [3.8, 4) is 11.1 Å². The summed E-state index contributed by atoms with van der Waals surface area (Å²) in [5, 5.41) is 3.06. The number of likely N-dealkylation sites (tertiary alicyclic amines) is 1. The van der Waals surface area contributed by atoms with Gasteiger partial charge in [0.1, 0.15) is 5.69 Å². The van der Waals surface area contributed by atoms with Crippen LogP contribution < -0.4 is 5.32 Å². The fourth-order valence-electron chi connectivity index (χ4n) is 4.72. The summed E-state index contributed by atoms with van der Waals surface area (Å²) in [6, 6.07) is 16.7. The highest BCUT2D eigenvalue weighted by molar-refractivity contribution is 5.92. The summed E-state index contributed by atoms with van der Waals surface area (Å²) in [4.78, 5) is 36.2. The van der Waals surface area contributed by atoms with Gasteiger partial charge in [-0.25, -0.2) is 4.98 Å². The summed E-state index contributed by atoms with van der Waals surface area (Å²) in [5.41, 5.74) is 4.50. The van der Waals surface area contributed by atoms with Crippen molar-refractivity contribution in [1.29, 1.82) is 0 Å². The Labute approximate surface area is 195 Å². The molecular weight excluding hydrogens is 412 g/mol. The van der Waals surface area contributed by atoms with E-state index in [0.717, 1.165) is 11.1 Å². The lowest BCUT2D eigenvalue weighted by molar-refractivity contribution is -0.133. The van der Waals surface area contributed by atoms with Gasteiger partial charge in [-0.1, -0.05) is 48.5 Å². The molecule has 2 heterocycles. The first-order valence-electron chi connectivity index (χ1n) is 11.5. The largest absolute Gasteiger partial charge is 0.356 e. The van der Waals surface area contributed by atoms with Crippen LogP contribution in [0, 0.1) is 12.3 Å². The molecule has 1 N–H and O–H groups in total. The van der Waals surface area contributed by atoms with Gasteiger partial charge < -0.3 is 10.2 Å². The zero-order valence-electron chi connectivity index (χ0n) is 19.3. The molecule has 2 amide bonds. The van der Waals surface area contributed by atoms with Crippen molar-refractivity contribution in [2.45, 2.75) is 33.1 Å². The zero-order valence-corrected chi connectivity index (χ0v) is 19.3. The van der Waals surface area contributed by atoms with Crippen molar-refractivity contribution < 1.29 is 9.59 Å². The molecule has 0 unspecified atom stereocenters. The molecule has 2 aromatic carbocycles. The van der Waals surface area contributed by atoms with Gasteiger partial charge >= 0.3 is 0 Å². The predicted molar refractivity (Wildman–Crippen MR) is 129 cm³/mol. The molecule has 1 aliphatic rings. The third-order valence-electron chi connectivity index (χ3n) is 6.59. The first-order valence-corrected chi connectivity index (χ1v) is 11.5. The summed E-state index contributed by atoms with van der Waals surface area (Å²) in [5.74, 6) is -0.0656. The highest BCUT2D eigenvalue weighted by Gasteiger charge is 2.42. The molecule has 0 spiro atoms. The highest BCUT2D eigenvalue weighted by Crippen LogP contribution is 2.39. The summed E-state index contributed by atoms with van der Waals surface area (Å²) in [7, 11) is 0. The molecule has 4 rings (SSSR count). The first kappa shape index (κ1) is 22.6. The van der Waals surface area contributed by atoms with Gasteiger partial charge in [0.05, 0.1) is 11.6 Å². The molecular formula is C27H30N4O2. The maximum Gasteiger partial charge on any atom is 0.274 e. The number of rotatable bonds is 6. The van der Waals surface area contributed by atoms with Crippen molar-refractivity contribution >= 4 is 11.8 Å². The van der Waals surface area contributed by atoms with Crippen molar-refractivity contribution in [2.24, 2.45) is 5.41 Å². The number of hydrogen-bond acceptors (Lipinski definition) is 4.